The summed E-state index contributed by atoms with van der Waals surface area (Å²) >= 11 is 1.60. The number of hydrogen-bond donors (Lipinski definition) is 0. The van der Waals surface area contributed by atoms with Crippen LogP contribution in [-0.2, 0) is 0 Å². The molecule has 0 saturated carbocycles. The third kappa shape index (κ3) is 4.35. The zero-order chi connectivity index (χ0) is 11.3. The number of nitrogens with zero attached hydrogens (tertiary/aromatic N) is 1. The molecule has 1 aromatic rings. The van der Waals surface area contributed by atoms with Crippen LogP contribution in [0.4, 0.5) is 4.39 Å². The lowest BCUT2D eigenvalue weighted by atomic mass is 10.2. The predicted molar refractivity (Wildman–Crippen MR) is 61.3 cm³/mol. The average Bonchev–Trinajstić information content (AvgIpc) is 2.16. The van der Waals surface area contributed by atoms with Gasteiger partial charge in [-0.25, -0.2) is 4.39 Å². The van der Waals surface area contributed by atoms with Gasteiger partial charge in [0.25, 0.3) is 0 Å². The molecular weight excluding hydrogens is 209 g/mol. The molecule has 0 unspecified atom stereocenters. The third-order valence-electron chi connectivity index (χ3n) is 1.96. The smallest absolute Gasteiger partial charge is 0.125 e. The maximum absolute atomic E-state index is 13.0. The van der Waals surface area contributed by atoms with Gasteiger partial charge in [0.05, 0.1) is 11.6 Å². The minimum atomic E-state index is -0.332. The van der Waals surface area contributed by atoms with E-state index in [0.717, 1.165) is 17.1 Å². The molecule has 1 nitrogen and oxygen atoms in total. The first-order valence-electron chi connectivity index (χ1n) is 4.95. The van der Waals surface area contributed by atoms with Crippen LogP contribution in [0, 0.1) is 23.1 Å². The van der Waals surface area contributed by atoms with E-state index in [9.17, 15) is 4.39 Å². The highest BCUT2D eigenvalue weighted by atomic mass is 32.2. The molecule has 0 spiro atoms. The van der Waals surface area contributed by atoms with E-state index in [1.54, 1.807) is 17.8 Å². The summed E-state index contributed by atoms with van der Waals surface area (Å²) < 4.78 is 13.0. The molecule has 0 fully saturated rings. The highest BCUT2D eigenvalue weighted by molar-refractivity contribution is 7.99. The Morgan fingerprint density at radius 1 is 1.40 bits per heavy atom. The topological polar surface area (TPSA) is 23.8 Å². The van der Waals surface area contributed by atoms with E-state index in [0.29, 0.717) is 11.5 Å². The molecule has 0 aliphatic heterocycles. The van der Waals surface area contributed by atoms with Gasteiger partial charge in [-0.15, -0.1) is 11.8 Å². The first-order chi connectivity index (χ1) is 7.11. The largest absolute Gasteiger partial charge is 0.207 e. The Morgan fingerprint density at radius 2 is 2.13 bits per heavy atom. The van der Waals surface area contributed by atoms with Crippen molar-refractivity contribution in [1.29, 1.82) is 5.26 Å². The van der Waals surface area contributed by atoms with Crippen LogP contribution in [0.5, 0.6) is 0 Å². The molecular formula is C12H14FNS. The van der Waals surface area contributed by atoms with E-state index in [4.69, 9.17) is 5.26 Å². The highest BCUT2D eigenvalue weighted by Gasteiger charge is 2.01. The van der Waals surface area contributed by atoms with Crippen molar-refractivity contribution in [2.45, 2.75) is 25.2 Å². The van der Waals surface area contributed by atoms with E-state index in [1.165, 1.54) is 12.1 Å². The fourth-order valence-electron chi connectivity index (χ4n) is 1.12. The van der Waals surface area contributed by atoms with Gasteiger partial charge in [0.1, 0.15) is 5.82 Å². The van der Waals surface area contributed by atoms with Crippen molar-refractivity contribution >= 4 is 11.8 Å². The lowest BCUT2D eigenvalue weighted by Gasteiger charge is -2.04. The van der Waals surface area contributed by atoms with Crippen molar-refractivity contribution in [2.24, 2.45) is 5.92 Å². The molecule has 1 rings (SSSR count). The lowest BCUT2D eigenvalue weighted by Crippen LogP contribution is -1.90. The summed E-state index contributed by atoms with van der Waals surface area (Å²) in [6, 6.07) is 6.42. The van der Waals surface area contributed by atoms with E-state index < -0.39 is 0 Å². The Balaban J connectivity index is 2.61. The minimum absolute atomic E-state index is 0.332. The highest BCUT2D eigenvalue weighted by Crippen LogP contribution is 2.22. The Bertz CT molecular complexity index is 368. The average molecular weight is 223 g/mol. The van der Waals surface area contributed by atoms with E-state index in [1.807, 2.05) is 6.07 Å². The first-order valence-corrected chi connectivity index (χ1v) is 5.94. The number of nitriles is 1. The van der Waals surface area contributed by atoms with E-state index >= 15 is 0 Å². The second-order valence-corrected chi connectivity index (χ2v) is 4.99. The lowest BCUT2D eigenvalue weighted by molar-refractivity contribution is 0.623. The van der Waals surface area contributed by atoms with Gasteiger partial charge in [0.2, 0.25) is 0 Å². The maximum atomic E-state index is 13.0. The molecule has 1 aromatic carbocycles. The van der Waals surface area contributed by atoms with Crippen molar-refractivity contribution in [1.82, 2.24) is 0 Å². The molecule has 0 aromatic heterocycles. The SMILES string of the molecule is CC(C)CCSc1cc(F)cc(C#N)c1. The fourth-order valence-corrected chi connectivity index (χ4v) is 2.35. The second-order valence-electron chi connectivity index (χ2n) is 3.82. The number of benzene rings is 1. The van der Waals surface area contributed by atoms with Gasteiger partial charge in [-0.1, -0.05) is 13.8 Å². The van der Waals surface area contributed by atoms with Crippen LogP contribution in [0.25, 0.3) is 0 Å². The second kappa shape index (κ2) is 5.77. The van der Waals surface area contributed by atoms with Gasteiger partial charge in [0, 0.05) is 4.90 Å². The molecule has 15 heavy (non-hydrogen) atoms. The van der Waals surface area contributed by atoms with E-state index in [2.05, 4.69) is 13.8 Å². The van der Waals surface area contributed by atoms with Gasteiger partial charge in [-0.2, -0.15) is 5.26 Å². The van der Waals surface area contributed by atoms with Gasteiger partial charge in [-0.05, 0) is 36.3 Å². The molecule has 0 aliphatic rings. The molecule has 3 heteroatoms. The monoisotopic (exact) mass is 223 g/mol. The fraction of sp³-hybridized carbons (Fsp3) is 0.417. The molecule has 0 amide bonds. The maximum Gasteiger partial charge on any atom is 0.125 e. The summed E-state index contributed by atoms with van der Waals surface area (Å²) in [7, 11) is 0. The number of halogens is 1. The summed E-state index contributed by atoms with van der Waals surface area (Å²) in [5.41, 5.74) is 0.391. The van der Waals surface area contributed by atoms with Crippen LogP contribution in [0.15, 0.2) is 23.1 Å². The van der Waals surface area contributed by atoms with Gasteiger partial charge >= 0.3 is 0 Å². The molecule has 80 valence electrons. The normalized spacial score (nSPS) is 10.3. The van der Waals surface area contributed by atoms with Crippen molar-refractivity contribution in [2.75, 3.05) is 5.75 Å². The molecule has 0 atom stereocenters. The van der Waals surface area contributed by atoms with Crippen molar-refractivity contribution in [3.05, 3.63) is 29.6 Å². The number of rotatable bonds is 4. The van der Waals surface area contributed by atoms with Gasteiger partial charge in [0.15, 0.2) is 0 Å². The Morgan fingerprint density at radius 3 is 2.73 bits per heavy atom. The summed E-state index contributed by atoms with van der Waals surface area (Å²) in [6.45, 7) is 4.32. The molecule has 0 aliphatic carbocycles. The van der Waals surface area contributed by atoms with Gasteiger partial charge in [-0.3, -0.25) is 0 Å². The molecule has 0 bridgehead atoms. The quantitative estimate of drug-likeness (QED) is 0.724. The van der Waals surface area contributed by atoms with Crippen molar-refractivity contribution < 1.29 is 4.39 Å². The van der Waals surface area contributed by atoms with Crippen LogP contribution in [0.3, 0.4) is 0 Å². The Hall–Kier alpha value is -1.01. The zero-order valence-corrected chi connectivity index (χ0v) is 9.77. The number of thioether (sulfide) groups is 1. The van der Waals surface area contributed by atoms with Crippen LogP contribution < -0.4 is 0 Å². The molecule has 0 saturated heterocycles. The first kappa shape index (κ1) is 12.1. The zero-order valence-electron chi connectivity index (χ0n) is 8.96. The van der Waals surface area contributed by atoms with Crippen LogP contribution >= 0.6 is 11.8 Å². The molecule has 0 heterocycles. The van der Waals surface area contributed by atoms with Crippen molar-refractivity contribution in [3.63, 3.8) is 0 Å². The molecule has 0 radical (unpaired) electrons. The molecule has 0 N–H and O–H groups in total. The third-order valence-corrected chi connectivity index (χ3v) is 2.97. The van der Waals surface area contributed by atoms with Crippen LogP contribution in [0.2, 0.25) is 0 Å². The summed E-state index contributed by atoms with van der Waals surface area (Å²) in [5, 5.41) is 8.67. The van der Waals surface area contributed by atoms with Gasteiger partial charge < -0.3 is 0 Å². The summed E-state index contributed by atoms with van der Waals surface area (Å²) in [4.78, 5) is 0.840. The standard InChI is InChI=1S/C12H14FNS/c1-9(2)3-4-15-12-6-10(8-14)5-11(13)7-12/h5-7,9H,3-4H2,1-2H3. The Labute approximate surface area is 94.3 Å². The summed E-state index contributed by atoms with van der Waals surface area (Å²) in [5.74, 6) is 1.29. The van der Waals surface area contributed by atoms with Crippen LogP contribution in [0.1, 0.15) is 25.8 Å². The van der Waals surface area contributed by atoms with E-state index in [-0.39, 0.29) is 5.82 Å². The minimum Gasteiger partial charge on any atom is -0.207 e. The van der Waals surface area contributed by atoms with Crippen LogP contribution in [-0.4, -0.2) is 5.75 Å². The predicted octanol–water partition coefficient (Wildman–Crippen LogP) is 3.84. The van der Waals surface area contributed by atoms with Crippen molar-refractivity contribution in [3.8, 4) is 6.07 Å². The Kier molecular flexibility index (Phi) is 4.64. The number of hydrogen-bond acceptors (Lipinski definition) is 2. The summed E-state index contributed by atoms with van der Waals surface area (Å²) in [6.07, 6.45) is 1.10.